The largest absolute Gasteiger partial charge is 0.395 e. The topological polar surface area (TPSA) is 50.1 Å². The lowest BCUT2D eigenvalue weighted by atomic mass is 10.1. The van der Waals surface area contributed by atoms with E-state index in [2.05, 4.69) is 47.1 Å². The molecule has 2 N–H and O–H groups in total. The number of rotatable bonds is 6. The Morgan fingerprint density at radius 2 is 2.12 bits per heavy atom. The van der Waals surface area contributed by atoms with E-state index in [0.29, 0.717) is 5.92 Å². The first kappa shape index (κ1) is 14.7. The van der Waals surface area contributed by atoms with Crippen LogP contribution in [0.5, 0.6) is 0 Å². The molecule has 1 rings (SSSR count). The van der Waals surface area contributed by atoms with Crippen molar-refractivity contribution in [2.75, 3.05) is 6.61 Å². The maximum Gasteiger partial charge on any atom is 0.0739 e. The minimum atomic E-state index is 0.127. The number of aryl methyl sites for hydroxylation is 2. The van der Waals surface area contributed by atoms with E-state index in [9.17, 15) is 5.11 Å². The Morgan fingerprint density at radius 3 is 2.59 bits per heavy atom. The van der Waals surface area contributed by atoms with Gasteiger partial charge < -0.3 is 10.4 Å². The van der Waals surface area contributed by atoms with Gasteiger partial charge in [0.15, 0.2) is 0 Å². The fourth-order valence-electron chi connectivity index (χ4n) is 1.78. The molecule has 1 unspecified atom stereocenters. The van der Waals surface area contributed by atoms with Crippen molar-refractivity contribution in [2.24, 2.45) is 5.92 Å². The van der Waals surface area contributed by atoms with Gasteiger partial charge in [-0.2, -0.15) is 5.10 Å². The van der Waals surface area contributed by atoms with E-state index in [1.807, 2.05) is 11.6 Å². The second-order valence-electron chi connectivity index (χ2n) is 4.58. The molecule has 0 aliphatic heterocycles. The Bertz CT molecular complexity index is 363. The molecule has 0 aliphatic carbocycles. The van der Waals surface area contributed by atoms with Crippen LogP contribution in [0.4, 0.5) is 0 Å². The second-order valence-corrected chi connectivity index (χ2v) is 5.37. The van der Waals surface area contributed by atoms with Gasteiger partial charge in [0.25, 0.3) is 0 Å². The summed E-state index contributed by atoms with van der Waals surface area (Å²) in [5.41, 5.74) is 2.15. The van der Waals surface area contributed by atoms with Gasteiger partial charge in [0, 0.05) is 19.1 Å². The SMILES string of the molecule is CCn1nc(C)c(Br)c1CNC(CO)C(C)C. The lowest BCUT2D eigenvalue weighted by Crippen LogP contribution is -2.37. The number of aliphatic hydroxyl groups is 1. The molecule has 5 heteroatoms. The molecule has 0 saturated heterocycles. The molecule has 0 amide bonds. The Balaban J connectivity index is 2.74. The van der Waals surface area contributed by atoms with Gasteiger partial charge in [-0.1, -0.05) is 13.8 Å². The third-order valence-corrected chi connectivity index (χ3v) is 4.02. The maximum atomic E-state index is 9.28. The lowest BCUT2D eigenvalue weighted by Gasteiger charge is -2.20. The molecule has 0 saturated carbocycles. The summed E-state index contributed by atoms with van der Waals surface area (Å²) in [6.07, 6.45) is 0. The van der Waals surface area contributed by atoms with E-state index in [1.54, 1.807) is 0 Å². The normalized spacial score (nSPS) is 13.4. The van der Waals surface area contributed by atoms with Gasteiger partial charge in [-0.05, 0) is 35.7 Å². The molecule has 98 valence electrons. The fraction of sp³-hybridized carbons (Fsp3) is 0.750. The number of aromatic nitrogens is 2. The van der Waals surface area contributed by atoms with E-state index in [-0.39, 0.29) is 12.6 Å². The third kappa shape index (κ3) is 3.53. The summed E-state index contributed by atoms with van der Waals surface area (Å²) in [6.45, 7) is 10.0. The Morgan fingerprint density at radius 1 is 1.47 bits per heavy atom. The van der Waals surface area contributed by atoms with Gasteiger partial charge in [0.1, 0.15) is 0 Å². The monoisotopic (exact) mass is 303 g/mol. The molecule has 0 aromatic carbocycles. The van der Waals surface area contributed by atoms with Crippen molar-refractivity contribution >= 4 is 15.9 Å². The summed E-state index contributed by atoms with van der Waals surface area (Å²) >= 11 is 3.57. The molecule has 1 heterocycles. The van der Waals surface area contributed by atoms with Gasteiger partial charge in [0.2, 0.25) is 0 Å². The molecule has 0 spiro atoms. The van der Waals surface area contributed by atoms with Crippen LogP contribution in [0.2, 0.25) is 0 Å². The first-order valence-corrected chi connectivity index (χ1v) is 6.86. The number of hydrogen-bond donors (Lipinski definition) is 2. The van der Waals surface area contributed by atoms with Crippen LogP contribution in [-0.2, 0) is 13.1 Å². The van der Waals surface area contributed by atoms with Gasteiger partial charge in [0.05, 0.1) is 22.5 Å². The van der Waals surface area contributed by atoms with Gasteiger partial charge >= 0.3 is 0 Å². The summed E-state index contributed by atoms with van der Waals surface area (Å²) in [5.74, 6) is 0.415. The van der Waals surface area contributed by atoms with E-state index >= 15 is 0 Å². The van der Waals surface area contributed by atoms with E-state index in [1.165, 1.54) is 0 Å². The standard InChI is InChI=1S/C12H22BrN3O/c1-5-16-11(12(13)9(4)15-16)6-14-10(7-17)8(2)3/h8,10,14,17H,5-7H2,1-4H3. The minimum absolute atomic E-state index is 0.127. The average molecular weight is 304 g/mol. The molecular weight excluding hydrogens is 282 g/mol. The molecule has 1 atom stereocenters. The van der Waals surface area contributed by atoms with Crippen molar-refractivity contribution in [1.29, 1.82) is 0 Å². The van der Waals surface area contributed by atoms with Crippen molar-refractivity contribution in [3.05, 3.63) is 15.9 Å². The molecule has 4 nitrogen and oxygen atoms in total. The van der Waals surface area contributed by atoms with Crippen LogP contribution in [0.1, 0.15) is 32.2 Å². The fourth-order valence-corrected chi connectivity index (χ4v) is 2.20. The van der Waals surface area contributed by atoms with Gasteiger partial charge in [-0.25, -0.2) is 0 Å². The summed E-state index contributed by atoms with van der Waals surface area (Å²) in [6, 6.07) is 0.127. The highest BCUT2D eigenvalue weighted by Crippen LogP contribution is 2.21. The molecule has 0 radical (unpaired) electrons. The second kappa shape index (κ2) is 6.52. The molecule has 0 aliphatic rings. The van der Waals surface area contributed by atoms with Crippen LogP contribution in [-0.4, -0.2) is 27.5 Å². The van der Waals surface area contributed by atoms with Crippen LogP contribution in [0.3, 0.4) is 0 Å². The van der Waals surface area contributed by atoms with Crippen molar-refractivity contribution < 1.29 is 5.11 Å². The first-order valence-electron chi connectivity index (χ1n) is 6.07. The molecule has 1 aromatic rings. The van der Waals surface area contributed by atoms with E-state index < -0.39 is 0 Å². The van der Waals surface area contributed by atoms with Crippen molar-refractivity contribution in [3.63, 3.8) is 0 Å². The summed E-state index contributed by atoms with van der Waals surface area (Å²) in [4.78, 5) is 0. The number of nitrogens with zero attached hydrogens (tertiary/aromatic N) is 2. The summed E-state index contributed by atoms with van der Waals surface area (Å²) in [7, 11) is 0. The van der Waals surface area contributed by atoms with Crippen molar-refractivity contribution in [1.82, 2.24) is 15.1 Å². The van der Waals surface area contributed by atoms with Gasteiger partial charge in [-0.15, -0.1) is 0 Å². The van der Waals surface area contributed by atoms with Crippen molar-refractivity contribution in [3.8, 4) is 0 Å². The number of hydrogen-bond acceptors (Lipinski definition) is 3. The van der Waals surface area contributed by atoms with Crippen LogP contribution < -0.4 is 5.32 Å². The molecule has 0 bridgehead atoms. The van der Waals surface area contributed by atoms with Crippen LogP contribution in [0, 0.1) is 12.8 Å². The maximum absolute atomic E-state index is 9.28. The predicted molar refractivity (Wildman–Crippen MR) is 72.9 cm³/mol. The minimum Gasteiger partial charge on any atom is -0.395 e. The Kier molecular flexibility index (Phi) is 5.62. The predicted octanol–water partition coefficient (Wildman–Crippen LogP) is 2.08. The third-order valence-electron chi connectivity index (χ3n) is 2.99. The zero-order chi connectivity index (χ0) is 13.0. The number of halogens is 1. The highest BCUT2D eigenvalue weighted by atomic mass is 79.9. The molecule has 17 heavy (non-hydrogen) atoms. The Hall–Kier alpha value is -0.390. The summed E-state index contributed by atoms with van der Waals surface area (Å²) < 4.78 is 3.05. The average Bonchev–Trinajstić information content (AvgIpc) is 2.56. The van der Waals surface area contributed by atoms with Gasteiger partial charge in [-0.3, -0.25) is 4.68 Å². The zero-order valence-corrected chi connectivity index (χ0v) is 12.6. The highest BCUT2D eigenvalue weighted by Gasteiger charge is 2.15. The Labute approximate surface area is 112 Å². The van der Waals surface area contributed by atoms with E-state index in [4.69, 9.17) is 0 Å². The molecule has 0 fully saturated rings. The quantitative estimate of drug-likeness (QED) is 0.846. The lowest BCUT2D eigenvalue weighted by molar-refractivity contribution is 0.209. The number of aliphatic hydroxyl groups excluding tert-OH is 1. The van der Waals surface area contributed by atoms with Crippen LogP contribution in [0.25, 0.3) is 0 Å². The van der Waals surface area contributed by atoms with Crippen molar-refractivity contribution in [2.45, 2.75) is 46.8 Å². The summed E-state index contributed by atoms with van der Waals surface area (Å²) in [5, 5.41) is 17.1. The smallest absolute Gasteiger partial charge is 0.0739 e. The first-order chi connectivity index (χ1) is 8.01. The van der Waals surface area contributed by atoms with Crippen LogP contribution in [0.15, 0.2) is 4.47 Å². The van der Waals surface area contributed by atoms with Crippen LogP contribution >= 0.6 is 15.9 Å². The van der Waals surface area contributed by atoms with E-state index in [0.717, 1.165) is 29.0 Å². The zero-order valence-electron chi connectivity index (χ0n) is 11.0. The molecular formula is C12H22BrN3O. The highest BCUT2D eigenvalue weighted by molar-refractivity contribution is 9.10. The molecule has 1 aromatic heterocycles. The number of nitrogens with one attached hydrogen (secondary N) is 1.